The Morgan fingerprint density at radius 1 is 1.25 bits per heavy atom. The highest BCUT2D eigenvalue weighted by Crippen LogP contribution is 2.20. The maximum Gasteiger partial charge on any atom is 0.0369 e. The normalized spacial score (nSPS) is 21.9. The van der Waals surface area contributed by atoms with Crippen molar-refractivity contribution in [3.8, 4) is 0 Å². The molecule has 88 valence electrons. The predicted molar refractivity (Wildman–Crippen MR) is 70.2 cm³/mol. The summed E-state index contributed by atoms with van der Waals surface area (Å²) in [6.07, 6.45) is 1.23. The van der Waals surface area contributed by atoms with Crippen LogP contribution in [0.25, 0.3) is 0 Å². The molecule has 1 saturated heterocycles. The van der Waals surface area contributed by atoms with Gasteiger partial charge in [0, 0.05) is 24.8 Å². The molecule has 0 spiro atoms. The Morgan fingerprint density at radius 3 is 2.81 bits per heavy atom. The third-order valence-corrected chi connectivity index (χ3v) is 3.45. The first kappa shape index (κ1) is 11.5. The van der Waals surface area contributed by atoms with E-state index in [1.54, 1.807) is 0 Å². The Balaban J connectivity index is 2.18. The second-order valence-corrected chi connectivity index (χ2v) is 4.92. The number of hydrogen-bond acceptors (Lipinski definition) is 2. The molecule has 0 bridgehead atoms. The van der Waals surface area contributed by atoms with E-state index < -0.39 is 0 Å². The number of nitrogens with zero attached hydrogens (tertiary/aromatic N) is 1. The lowest BCUT2D eigenvalue weighted by Gasteiger charge is -2.25. The van der Waals surface area contributed by atoms with Crippen LogP contribution in [0.5, 0.6) is 0 Å². The zero-order chi connectivity index (χ0) is 11.5. The first-order valence-electron chi connectivity index (χ1n) is 6.22. The molecule has 1 aromatic rings. The number of anilines is 1. The summed E-state index contributed by atoms with van der Waals surface area (Å²) in [5.74, 6) is 0. The lowest BCUT2D eigenvalue weighted by Crippen LogP contribution is -2.35. The standard InChI is InChI=1S/C14H22N2/c1-11-5-6-14(9-12(11)2)16-8-4-7-15-13(3)10-16/h5-6,9,13,15H,4,7-8,10H2,1-3H3. The maximum absolute atomic E-state index is 3.53. The quantitative estimate of drug-likeness (QED) is 0.779. The van der Waals surface area contributed by atoms with Crippen molar-refractivity contribution in [2.75, 3.05) is 24.5 Å². The van der Waals surface area contributed by atoms with Crippen molar-refractivity contribution in [3.63, 3.8) is 0 Å². The Kier molecular flexibility index (Phi) is 3.49. The highest BCUT2D eigenvalue weighted by Gasteiger charge is 2.14. The molecule has 1 aliphatic heterocycles. The first-order chi connectivity index (χ1) is 7.66. The Bertz CT molecular complexity index is 360. The van der Waals surface area contributed by atoms with Crippen LogP contribution in [0.15, 0.2) is 18.2 Å². The van der Waals surface area contributed by atoms with E-state index in [1.807, 2.05) is 0 Å². The van der Waals surface area contributed by atoms with Crippen LogP contribution >= 0.6 is 0 Å². The Labute approximate surface area is 98.7 Å². The van der Waals surface area contributed by atoms with E-state index in [1.165, 1.54) is 29.8 Å². The van der Waals surface area contributed by atoms with Crippen LogP contribution in [0.4, 0.5) is 5.69 Å². The zero-order valence-electron chi connectivity index (χ0n) is 10.6. The van der Waals surface area contributed by atoms with Crippen molar-refractivity contribution in [3.05, 3.63) is 29.3 Å². The van der Waals surface area contributed by atoms with Crippen molar-refractivity contribution >= 4 is 5.69 Å². The molecule has 2 rings (SSSR count). The molecule has 1 aromatic carbocycles. The van der Waals surface area contributed by atoms with Crippen molar-refractivity contribution < 1.29 is 0 Å². The van der Waals surface area contributed by atoms with Gasteiger partial charge in [-0.3, -0.25) is 0 Å². The number of benzene rings is 1. The monoisotopic (exact) mass is 218 g/mol. The third-order valence-electron chi connectivity index (χ3n) is 3.45. The van der Waals surface area contributed by atoms with E-state index >= 15 is 0 Å². The molecule has 0 amide bonds. The van der Waals surface area contributed by atoms with Crippen LogP contribution in [0.2, 0.25) is 0 Å². The van der Waals surface area contributed by atoms with Crippen molar-refractivity contribution in [2.45, 2.75) is 33.2 Å². The van der Waals surface area contributed by atoms with Crippen LogP contribution in [0, 0.1) is 13.8 Å². The molecule has 1 N–H and O–H groups in total. The summed E-state index contributed by atoms with van der Waals surface area (Å²) >= 11 is 0. The molecule has 0 aromatic heterocycles. The summed E-state index contributed by atoms with van der Waals surface area (Å²) in [6, 6.07) is 7.38. The lowest BCUT2D eigenvalue weighted by molar-refractivity contribution is 0.585. The van der Waals surface area contributed by atoms with Gasteiger partial charge in [0.25, 0.3) is 0 Å². The van der Waals surface area contributed by atoms with Crippen LogP contribution in [-0.2, 0) is 0 Å². The minimum atomic E-state index is 0.587. The van der Waals surface area contributed by atoms with E-state index in [0.717, 1.165) is 13.1 Å². The van der Waals surface area contributed by atoms with Gasteiger partial charge in [0.05, 0.1) is 0 Å². The SMILES string of the molecule is Cc1ccc(N2CCCNC(C)C2)cc1C. The van der Waals surface area contributed by atoms with Gasteiger partial charge in [0.1, 0.15) is 0 Å². The van der Waals surface area contributed by atoms with Crippen molar-refractivity contribution in [1.82, 2.24) is 5.32 Å². The molecule has 1 fully saturated rings. The minimum absolute atomic E-state index is 0.587. The smallest absolute Gasteiger partial charge is 0.0369 e. The van der Waals surface area contributed by atoms with Gasteiger partial charge >= 0.3 is 0 Å². The average molecular weight is 218 g/mol. The van der Waals surface area contributed by atoms with Gasteiger partial charge < -0.3 is 10.2 Å². The van der Waals surface area contributed by atoms with E-state index in [4.69, 9.17) is 0 Å². The number of aryl methyl sites for hydroxylation is 2. The fraction of sp³-hybridized carbons (Fsp3) is 0.571. The summed E-state index contributed by atoms with van der Waals surface area (Å²) in [7, 11) is 0. The van der Waals surface area contributed by atoms with Gasteiger partial charge in [-0.15, -0.1) is 0 Å². The highest BCUT2D eigenvalue weighted by molar-refractivity contribution is 5.50. The summed E-state index contributed by atoms with van der Waals surface area (Å²) in [6.45, 7) is 10.0. The zero-order valence-corrected chi connectivity index (χ0v) is 10.6. The fourth-order valence-corrected chi connectivity index (χ4v) is 2.26. The summed E-state index contributed by atoms with van der Waals surface area (Å²) in [4.78, 5) is 2.50. The van der Waals surface area contributed by atoms with Gasteiger partial charge in [-0.05, 0) is 57.0 Å². The minimum Gasteiger partial charge on any atom is -0.370 e. The van der Waals surface area contributed by atoms with Crippen LogP contribution in [-0.4, -0.2) is 25.7 Å². The average Bonchev–Trinajstić information content (AvgIpc) is 2.47. The van der Waals surface area contributed by atoms with Gasteiger partial charge in [0.2, 0.25) is 0 Å². The largest absolute Gasteiger partial charge is 0.370 e. The maximum atomic E-state index is 3.53. The first-order valence-corrected chi connectivity index (χ1v) is 6.22. The van der Waals surface area contributed by atoms with Crippen molar-refractivity contribution in [2.24, 2.45) is 0 Å². The molecule has 0 aliphatic carbocycles. The number of nitrogens with one attached hydrogen (secondary N) is 1. The second kappa shape index (κ2) is 4.88. The summed E-state index contributed by atoms with van der Waals surface area (Å²) < 4.78 is 0. The van der Waals surface area contributed by atoms with Gasteiger partial charge in [-0.1, -0.05) is 6.07 Å². The molecule has 1 aliphatic rings. The highest BCUT2D eigenvalue weighted by atomic mass is 15.2. The molecule has 1 unspecified atom stereocenters. The number of rotatable bonds is 1. The van der Waals surface area contributed by atoms with Gasteiger partial charge in [0.15, 0.2) is 0 Å². The third kappa shape index (κ3) is 2.56. The lowest BCUT2D eigenvalue weighted by atomic mass is 10.1. The fourth-order valence-electron chi connectivity index (χ4n) is 2.26. The molecule has 0 radical (unpaired) electrons. The van der Waals surface area contributed by atoms with Crippen LogP contribution < -0.4 is 10.2 Å². The molecular weight excluding hydrogens is 196 g/mol. The second-order valence-electron chi connectivity index (χ2n) is 4.92. The van der Waals surface area contributed by atoms with E-state index in [0.29, 0.717) is 6.04 Å². The topological polar surface area (TPSA) is 15.3 Å². The molecule has 1 heterocycles. The summed E-state index contributed by atoms with van der Waals surface area (Å²) in [5.41, 5.74) is 4.14. The summed E-state index contributed by atoms with van der Waals surface area (Å²) in [5, 5.41) is 3.53. The Hall–Kier alpha value is -1.02. The molecule has 1 atom stereocenters. The molecule has 0 saturated carbocycles. The molecule has 2 nitrogen and oxygen atoms in total. The predicted octanol–water partition coefficient (Wildman–Crippen LogP) is 2.49. The van der Waals surface area contributed by atoms with E-state index in [9.17, 15) is 0 Å². The van der Waals surface area contributed by atoms with E-state index in [-0.39, 0.29) is 0 Å². The van der Waals surface area contributed by atoms with Crippen molar-refractivity contribution in [1.29, 1.82) is 0 Å². The Morgan fingerprint density at radius 2 is 2.06 bits per heavy atom. The molecule has 2 heteroatoms. The number of hydrogen-bond donors (Lipinski definition) is 1. The van der Waals surface area contributed by atoms with Crippen LogP contribution in [0.3, 0.4) is 0 Å². The van der Waals surface area contributed by atoms with Gasteiger partial charge in [-0.2, -0.15) is 0 Å². The van der Waals surface area contributed by atoms with Gasteiger partial charge in [-0.25, -0.2) is 0 Å². The molecule has 16 heavy (non-hydrogen) atoms. The van der Waals surface area contributed by atoms with Crippen LogP contribution in [0.1, 0.15) is 24.5 Å². The van der Waals surface area contributed by atoms with E-state index in [2.05, 4.69) is 49.2 Å². The molecular formula is C14H22N2.